The van der Waals surface area contributed by atoms with E-state index in [1.807, 2.05) is 0 Å². The van der Waals surface area contributed by atoms with Crippen molar-refractivity contribution in [3.8, 4) is 0 Å². The Hall–Kier alpha value is -0.940. The number of hydrogen-bond acceptors (Lipinski definition) is 4. The van der Waals surface area contributed by atoms with Gasteiger partial charge in [0.05, 0.1) is 6.04 Å². The SMILES string of the molecule is CN1C(=O)CCC(NC2CC(N)C2)C1=O. The number of hydrogen-bond donors (Lipinski definition) is 2. The van der Waals surface area contributed by atoms with Crippen LogP contribution in [0.3, 0.4) is 0 Å². The summed E-state index contributed by atoms with van der Waals surface area (Å²) in [6.45, 7) is 0. The summed E-state index contributed by atoms with van der Waals surface area (Å²) in [6, 6.07) is 0.446. The number of rotatable bonds is 2. The number of nitrogens with two attached hydrogens (primary N) is 1. The lowest BCUT2D eigenvalue weighted by Crippen LogP contribution is -2.58. The lowest BCUT2D eigenvalue weighted by Gasteiger charge is -2.38. The van der Waals surface area contributed by atoms with Crippen molar-refractivity contribution in [1.82, 2.24) is 10.2 Å². The summed E-state index contributed by atoms with van der Waals surface area (Å²) >= 11 is 0. The average Bonchev–Trinajstić information content (AvgIpc) is 2.16. The summed E-state index contributed by atoms with van der Waals surface area (Å²) < 4.78 is 0. The second kappa shape index (κ2) is 3.90. The van der Waals surface area contributed by atoms with Gasteiger partial charge in [0.15, 0.2) is 0 Å². The molecule has 5 nitrogen and oxygen atoms in total. The molecule has 1 aliphatic carbocycles. The van der Waals surface area contributed by atoms with Gasteiger partial charge in [-0.2, -0.15) is 0 Å². The zero-order valence-corrected chi connectivity index (χ0v) is 8.90. The molecule has 2 aliphatic rings. The van der Waals surface area contributed by atoms with Gasteiger partial charge in [-0.25, -0.2) is 0 Å². The molecule has 0 aromatic heterocycles. The standard InChI is InChI=1S/C10H17N3O2/c1-13-9(14)3-2-8(10(13)15)12-7-4-6(11)5-7/h6-8,12H,2-5,11H2,1H3. The average molecular weight is 211 g/mol. The first-order valence-electron chi connectivity index (χ1n) is 5.40. The van der Waals surface area contributed by atoms with E-state index in [1.165, 1.54) is 4.90 Å². The van der Waals surface area contributed by atoms with Gasteiger partial charge in [0.25, 0.3) is 0 Å². The van der Waals surface area contributed by atoms with E-state index in [0.717, 1.165) is 12.8 Å². The monoisotopic (exact) mass is 211 g/mol. The van der Waals surface area contributed by atoms with Crippen LogP contribution in [0, 0.1) is 0 Å². The van der Waals surface area contributed by atoms with Crippen LogP contribution in [-0.2, 0) is 9.59 Å². The largest absolute Gasteiger partial charge is 0.328 e. The minimum absolute atomic E-state index is 0.0802. The molecule has 2 rings (SSSR count). The van der Waals surface area contributed by atoms with Crippen LogP contribution in [0.4, 0.5) is 0 Å². The predicted octanol–water partition coefficient (Wildman–Crippen LogP) is -0.787. The summed E-state index contributed by atoms with van der Waals surface area (Å²) in [4.78, 5) is 24.2. The third-order valence-corrected chi connectivity index (χ3v) is 3.26. The second-order valence-corrected chi connectivity index (χ2v) is 4.48. The molecule has 1 aliphatic heterocycles. The fraction of sp³-hybridized carbons (Fsp3) is 0.800. The number of imide groups is 1. The smallest absolute Gasteiger partial charge is 0.246 e. The zero-order valence-electron chi connectivity index (χ0n) is 8.90. The molecule has 3 N–H and O–H groups in total. The maximum absolute atomic E-state index is 11.7. The van der Waals surface area contributed by atoms with Crippen molar-refractivity contribution in [1.29, 1.82) is 0 Å². The van der Waals surface area contributed by atoms with Gasteiger partial charge in [-0.1, -0.05) is 0 Å². The van der Waals surface area contributed by atoms with Gasteiger partial charge in [0, 0.05) is 25.6 Å². The van der Waals surface area contributed by atoms with Crippen molar-refractivity contribution >= 4 is 11.8 Å². The van der Waals surface area contributed by atoms with E-state index < -0.39 is 0 Å². The highest BCUT2D eigenvalue weighted by atomic mass is 16.2. The van der Waals surface area contributed by atoms with Crippen LogP contribution in [0.15, 0.2) is 0 Å². The third-order valence-electron chi connectivity index (χ3n) is 3.26. The Balaban J connectivity index is 1.87. The fourth-order valence-corrected chi connectivity index (χ4v) is 2.15. The summed E-state index contributed by atoms with van der Waals surface area (Å²) in [5.41, 5.74) is 5.67. The van der Waals surface area contributed by atoms with E-state index in [-0.39, 0.29) is 23.9 Å². The van der Waals surface area contributed by atoms with Crippen LogP contribution in [0.2, 0.25) is 0 Å². The Labute approximate surface area is 89.0 Å². The molecule has 1 saturated heterocycles. The van der Waals surface area contributed by atoms with Crippen LogP contribution >= 0.6 is 0 Å². The van der Waals surface area contributed by atoms with E-state index in [2.05, 4.69) is 5.32 Å². The molecule has 1 saturated carbocycles. The number of likely N-dealkylation sites (N-methyl/N-ethyl adjacent to an activating group) is 1. The van der Waals surface area contributed by atoms with Gasteiger partial charge < -0.3 is 11.1 Å². The molecule has 1 unspecified atom stereocenters. The minimum Gasteiger partial charge on any atom is -0.328 e. The van der Waals surface area contributed by atoms with Crippen LogP contribution < -0.4 is 11.1 Å². The van der Waals surface area contributed by atoms with Crippen LogP contribution in [0.25, 0.3) is 0 Å². The van der Waals surface area contributed by atoms with Crippen molar-refractivity contribution in [3.63, 3.8) is 0 Å². The molecule has 0 aromatic carbocycles. The summed E-state index contributed by atoms with van der Waals surface area (Å²) in [5.74, 6) is -0.185. The van der Waals surface area contributed by atoms with Gasteiger partial charge in [-0.15, -0.1) is 0 Å². The molecule has 5 heteroatoms. The first-order valence-corrected chi connectivity index (χ1v) is 5.40. The number of carbonyl (C=O) groups excluding carboxylic acids is 2. The molecule has 1 atom stereocenters. The van der Waals surface area contributed by atoms with Crippen molar-refractivity contribution in [2.45, 2.75) is 43.8 Å². The number of nitrogens with zero attached hydrogens (tertiary/aromatic N) is 1. The van der Waals surface area contributed by atoms with E-state index in [1.54, 1.807) is 7.05 Å². The Bertz CT molecular complexity index is 286. The quantitative estimate of drug-likeness (QED) is 0.587. The lowest BCUT2D eigenvalue weighted by molar-refractivity contribution is -0.148. The Morgan fingerprint density at radius 2 is 2.07 bits per heavy atom. The number of likely N-dealkylation sites (tertiary alicyclic amines) is 1. The van der Waals surface area contributed by atoms with E-state index in [4.69, 9.17) is 5.73 Å². The van der Waals surface area contributed by atoms with Crippen molar-refractivity contribution < 1.29 is 9.59 Å². The number of amides is 2. The fourth-order valence-electron chi connectivity index (χ4n) is 2.15. The molecular formula is C10H17N3O2. The highest BCUT2D eigenvalue weighted by molar-refractivity contribution is 6.00. The Morgan fingerprint density at radius 3 is 2.67 bits per heavy atom. The normalized spacial score (nSPS) is 36.7. The van der Waals surface area contributed by atoms with E-state index >= 15 is 0 Å². The molecular weight excluding hydrogens is 194 g/mol. The first kappa shape index (κ1) is 10.6. The topological polar surface area (TPSA) is 75.4 Å². The Kier molecular flexibility index (Phi) is 2.75. The van der Waals surface area contributed by atoms with Crippen LogP contribution in [0.1, 0.15) is 25.7 Å². The molecule has 2 amide bonds. The second-order valence-electron chi connectivity index (χ2n) is 4.48. The van der Waals surface area contributed by atoms with E-state index in [0.29, 0.717) is 18.9 Å². The maximum atomic E-state index is 11.7. The summed E-state index contributed by atoms with van der Waals surface area (Å²) in [6.07, 6.45) is 2.94. The number of nitrogens with one attached hydrogen (secondary N) is 1. The molecule has 0 radical (unpaired) electrons. The summed E-state index contributed by atoms with van der Waals surface area (Å²) in [5, 5.41) is 3.26. The molecule has 0 spiro atoms. The molecule has 0 aromatic rings. The van der Waals surface area contributed by atoms with Gasteiger partial charge in [0.1, 0.15) is 0 Å². The first-order chi connectivity index (χ1) is 7.08. The Morgan fingerprint density at radius 1 is 1.40 bits per heavy atom. The van der Waals surface area contributed by atoms with Gasteiger partial charge in [-0.05, 0) is 19.3 Å². The molecule has 1 heterocycles. The summed E-state index contributed by atoms with van der Waals surface area (Å²) in [7, 11) is 1.55. The van der Waals surface area contributed by atoms with Crippen molar-refractivity contribution in [3.05, 3.63) is 0 Å². The molecule has 15 heavy (non-hydrogen) atoms. The van der Waals surface area contributed by atoms with Crippen molar-refractivity contribution in [2.24, 2.45) is 5.73 Å². The maximum Gasteiger partial charge on any atom is 0.246 e. The molecule has 84 valence electrons. The third kappa shape index (κ3) is 2.03. The highest BCUT2D eigenvalue weighted by Crippen LogP contribution is 2.20. The minimum atomic E-state index is -0.190. The molecule has 0 bridgehead atoms. The van der Waals surface area contributed by atoms with Crippen LogP contribution in [0.5, 0.6) is 0 Å². The number of piperidine rings is 1. The highest BCUT2D eigenvalue weighted by Gasteiger charge is 2.35. The number of carbonyl (C=O) groups is 2. The van der Waals surface area contributed by atoms with Crippen molar-refractivity contribution in [2.75, 3.05) is 7.05 Å². The van der Waals surface area contributed by atoms with Gasteiger partial charge in [0.2, 0.25) is 11.8 Å². The van der Waals surface area contributed by atoms with Crippen LogP contribution in [-0.4, -0.2) is 41.9 Å². The predicted molar refractivity (Wildman–Crippen MR) is 54.9 cm³/mol. The molecule has 2 fully saturated rings. The van der Waals surface area contributed by atoms with E-state index in [9.17, 15) is 9.59 Å². The van der Waals surface area contributed by atoms with Gasteiger partial charge in [-0.3, -0.25) is 14.5 Å². The lowest BCUT2D eigenvalue weighted by atomic mass is 9.86. The zero-order chi connectivity index (χ0) is 11.0. The van der Waals surface area contributed by atoms with Gasteiger partial charge >= 0.3 is 0 Å².